The van der Waals surface area contributed by atoms with Gasteiger partial charge in [-0.15, -0.1) is 36.2 Å². The first-order valence-electron chi connectivity index (χ1n) is 4.76. The lowest BCUT2D eigenvalue weighted by Gasteiger charge is -2.16. The minimum absolute atomic E-state index is 0. The summed E-state index contributed by atoms with van der Waals surface area (Å²) in [6.45, 7) is 5.64. The van der Waals surface area contributed by atoms with Crippen LogP contribution in [-0.2, 0) is 12.8 Å². The molecule has 1 aromatic heterocycles. The molecule has 0 atom stereocenters. The van der Waals surface area contributed by atoms with Gasteiger partial charge in [-0.1, -0.05) is 6.92 Å². The van der Waals surface area contributed by atoms with Crippen molar-refractivity contribution in [2.45, 2.75) is 19.8 Å². The van der Waals surface area contributed by atoms with Crippen LogP contribution in [0.15, 0.2) is 0 Å². The molecule has 0 bridgehead atoms. The third-order valence-electron chi connectivity index (χ3n) is 2.56. The molecule has 0 saturated carbocycles. The van der Waals surface area contributed by atoms with Crippen molar-refractivity contribution in [1.29, 1.82) is 0 Å². The number of hydrogen-bond donors (Lipinski definition) is 1. The summed E-state index contributed by atoms with van der Waals surface area (Å²) in [7, 11) is 0. The number of nitrogens with two attached hydrogens (primary N) is 1. The Morgan fingerprint density at radius 2 is 2.00 bits per heavy atom. The Balaban J connectivity index is 0.000000980. The van der Waals surface area contributed by atoms with E-state index in [1.54, 1.807) is 11.3 Å². The minimum atomic E-state index is 0. The Hall–Kier alpha value is -0.0300. The Morgan fingerprint density at radius 3 is 2.67 bits per heavy atom. The Kier molecular flexibility index (Phi) is 6.52. The van der Waals surface area contributed by atoms with Crippen LogP contribution >= 0.6 is 36.2 Å². The van der Waals surface area contributed by atoms with Crippen LogP contribution in [0.5, 0.6) is 0 Å². The van der Waals surface area contributed by atoms with Gasteiger partial charge in [-0.3, -0.25) is 0 Å². The largest absolute Gasteiger partial charge is 0.375 e. The van der Waals surface area contributed by atoms with Gasteiger partial charge in [0.2, 0.25) is 0 Å². The molecule has 0 aliphatic carbocycles. The van der Waals surface area contributed by atoms with Gasteiger partial charge in [0.15, 0.2) is 5.13 Å². The third-order valence-corrected chi connectivity index (χ3v) is 3.55. The quantitative estimate of drug-likeness (QED) is 0.848. The van der Waals surface area contributed by atoms with Crippen molar-refractivity contribution >= 4 is 41.3 Å². The molecule has 15 heavy (non-hydrogen) atoms. The van der Waals surface area contributed by atoms with Crippen LogP contribution in [0.1, 0.15) is 17.5 Å². The van der Waals surface area contributed by atoms with E-state index in [1.807, 2.05) is 0 Å². The highest BCUT2D eigenvalue weighted by molar-refractivity contribution is 7.15. The van der Waals surface area contributed by atoms with E-state index in [0.29, 0.717) is 0 Å². The van der Waals surface area contributed by atoms with Crippen LogP contribution in [-0.4, -0.2) is 29.5 Å². The lowest BCUT2D eigenvalue weighted by Crippen LogP contribution is -2.25. The van der Waals surface area contributed by atoms with E-state index in [4.69, 9.17) is 5.73 Å². The standard InChI is InChI=1S/C9H15N3S.2ClH/c1-2-12-5-3-7-8(4-6-12)13-9(10)11-7;;/h2-6H2,1H3,(H2,10,11);2*1H. The number of hydrogen-bond acceptors (Lipinski definition) is 4. The van der Waals surface area contributed by atoms with Gasteiger partial charge in [-0.05, 0) is 13.0 Å². The Morgan fingerprint density at radius 1 is 1.33 bits per heavy atom. The van der Waals surface area contributed by atoms with Gasteiger partial charge in [0.1, 0.15) is 0 Å². The van der Waals surface area contributed by atoms with E-state index in [9.17, 15) is 0 Å². The number of halogens is 2. The van der Waals surface area contributed by atoms with E-state index in [-0.39, 0.29) is 24.8 Å². The maximum absolute atomic E-state index is 5.67. The fourth-order valence-corrected chi connectivity index (χ4v) is 2.61. The molecule has 0 unspecified atom stereocenters. The summed E-state index contributed by atoms with van der Waals surface area (Å²) in [6, 6.07) is 0. The fraction of sp³-hybridized carbons (Fsp3) is 0.667. The molecule has 2 N–H and O–H groups in total. The van der Waals surface area contributed by atoms with Crippen LogP contribution in [0.4, 0.5) is 5.13 Å². The first-order valence-corrected chi connectivity index (χ1v) is 5.57. The number of nitrogen functional groups attached to an aromatic ring is 1. The van der Waals surface area contributed by atoms with E-state index in [2.05, 4.69) is 16.8 Å². The molecule has 0 aromatic carbocycles. The topological polar surface area (TPSA) is 42.2 Å². The lowest BCUT2D eigenvalue weighted by atomic mass is 10.2. The summed E-state index contributed by atoms with van der Waals surface area (Å²) >= 11 is 1.66. The number of fused-ring (bicyclic) bond motifs is 1. The molecule has 0 amide bonds. The number of anilines is 1. The zero-order valence-corrected chi connectivity index (χ0v) is 11.2. The van der Waals surface area contributed by atoms with Gasteiger partial charge < -0.3 is 10.6 Å². The molecule has 1 aromatic rings. The normalized spacial score (nSPS) is 15.8. The van der Waals surface area contributed by atoms with Crippen LogP contribution in [0.2, 0.25) is 0 Å². The fourth-order valence-electron chi connectivity index (χ4n) is 1.75. The van der Waals surface area contributed by atoms with E-state index in [1.165, 1.54) is 10.6 Å². The van der Waals surface area contributed by atoms with Crippen molar-refractivity contribution in [3.8, 4) is 0 Å². The molecule has 1 aliphatic rings. The molecule has 3 nitrogen and oxygen atoms in total. The molecule has 0 fully saturated rings. The predicted molar refractivity (Wildman–Crippen MR) is 70.5 cm³/mol. The smallest absolute Gasteiger partial charge is 0.180 e. The summed E-state index contributed by atoms with van der Waals surface area (Å²) in [5.74, 6) is 0. The van der Waals surface area contributed by atoms with Crippen molar-refractivity contribution in [2.75, 3.05) is 25.4 Å². The van der Waals surface area contributed by atoms with Crippen molar-refractivity contribution in [1.82, 2.24) is 9.88 Å². The van der Waals surface area contributed by atoms with Crippen molar-refractivity contribution in [3.05, 3.63) is 10.6 Å². The molecule has 0 saturated heterocycles. The van der Waals surface area contributed by atoms with Gasteiger partial charge in [-0.25, -0.2) is 4.98 Å². The summed E-state index contributed by atoms with van der Waals surface area (Å²) in [6.07, 6.45) is 2.19. The van der Waals surface area contributed by atoms with Crippen molar-refractivity contribution in [3.63, 3.8) is 0 Å². The highest BCUT2D eigenvalue weighted by Crippen LogP contribution is 2.23. The molecule has 0 spiro atoms. The maximum Gasteiger partial charge on any atom is 0.180 e. The second-order valence-corrected chi connectivity index (χ2v) is 4.47. The van der Waals surface area contributed by atoms with Crippen LogP contribution < -0.4 is 5.73 Å². The van der Waals surface area contributed by atoms with Gasteiger partial charge in [0, 0.05) is 24.4 Å². The zero-order chi connectivity index (χ0) is 9.26. The van der Waals surface area contributed by atoms with E-state index < -0.39 is 0 Å². The number of aromatic nitrogens is 1. The first-order chi connectivity index (χ1) is 6.29. The molecule has 2 heterocycles. The SMILES string of the molecule is CCN1CCc2nc(N)sc2CC1.Cl.Cl. The summed E-state index contributed by atoms with van der Waals surface area (Å²) in [5, 5.41) is 0.731. The first kappa shape index (κ1) is 15.0. The molecule has 88 valence electrons. The van der Waals surface area contributed by atoms with Crippen molar-refractivity contribution < 1.29 is 0 Å². The van der Waals surface area contributed by atoms with Crippen LogP contribution in [0, 0.1) is 0 Å². The molecular weight excluding hydrogens is 253 g/mol. The van der Waals surface area contributed by atoms with Crippen molar-refractivity contribution in [2.24, 2.45) is 0 Å². The highest BCUT2D eigenvalue weighted by Gasteiger charge is 2.15. The number of rotatable bonds is 1. The van der Waals surface area contributed by atoms with Gasteiger partial charge in [0.25, 0.3) is 0 Å². The Labute approximate surface area is 107 Å². The van der Waals surface area contributed by atoms with Gasteiger partial charge in [0.05, 0.1) is 5.69 Å². The number of likely N-dealkylation sites (N-methyl/N-ethyl adjacent to an activating group) is 1. The van der Waals surface area contributed by atoms with Crippen LogP contribution in [0.25, 0.3) is 0 Å². The molecule has 6 heteroatoms. The lowest BCUT2D eigenvalue weighted by molar-refractivity contribution is 0.303. The number of nitrogens with zero attached hydrogens (tertiary/aromatic N) is 2. The molecule has 0 radical (unpaired) electrons. The number of thiazole rings is 1. The molecule has 2 rings (SSSR count). The maximum atomic E-state index is 5.67. The second-order valence-electron chi connectivity index (χ2n) is 3.36. The van der Waals surface area contributed by atoms with Gasteiger partial charge >= 0.3 is 0 Å². The Bertz CT molecular complexity index is 278. The average Bonchev–Trinajstić information content (AvgIpc) is 2.37. The van der Waals surface area contributed by atoms with E-state index >= 15 is 0 Å². The van der Waals surface area contributed by atoms with Gasteiger partial charge in [-0.2, -0.15) is 0 Å². The summed E-state index contributed by atoms with van der Waals surface area (Å²) < 4.78 is 0. The second kappa shape index (κ2) is 6.53. The summed E-state index contributed by atoms with van der Waals surface area (Å²) in [4.78, 5) is 8.21. The minimum Gasteiger partial charge on any atom is -0.375 e. The van der Waals surface area contributed by atoms with E-state index in [0.717, 1.165) is 37.6 Å². The zero-order valence-electron chi connectivity index (χ0n) is 8.73. The average molecular weight is 270 g/mol. The highest BCUT2D eigenvalue weighted by atomic mass is 35.5. The molecular formula is C9H17Cl2N3S. The summed E-state index contributed by atoms with van der Waals surface area (Å²) in [5.41, 5.74) is 6.90. The third kappa shape index (κ3) is 3.48. The van der Waals surface area contributed by atoms with Crippen LogP contribution in [0.3, 0.4) is 0 Å². The molecule has 1 aliphatic heterocycles. The predicted octanol–water partition coefficient (Wildman–Crippen LogP) is 1.99. The monoisotopic (exact) mass is 269 g/mol.